The second-order valence-corrected chi connectivity index (χ2v) is 5.50. The predicted molar refractivity (Wildman–Crippen MR) is 99.4 cm³/mol. The van der Waals surface area contributed by atoms with Crippen molar-refractivity contribution in [1.82, 2.24) is 0 Å². The second-order valence-electron chi connectivity index (χ2n) is 5.07. The molecule has 0 unspecified atom stereocenters. The van der Waals surface area contributed by atoms with Crippen molar-refractivity contribution in [2.45, 2.75) is 20.8 Å². The van der Waals surface area contributed by atoms with Crippen LogP contribution in [0.1, 0.15) is 31.1 Å². The molecule has 1 N–H and O–H groups in total. The van der Waals surface area contributed by atoms with Gasteiger partial charge in [0.05, 0.1) is 19.8 Å². The van der Waals surface area contributed by atoms with Crippen LogP contribution in [-0.2, 0) is 0 Å². The molecule has 0 fully saturated rings. The van der Waals surface area contributed by atoms with Crippen molar-refractivity contribution in [3.05, 3.63) is 47.0 Å². The minimum Gasteiger partial charge on any atom is -0.490 e. The average molecular weight is 364 g/mol. The van der Waals surface area contributed by atoms with E-state index >= 15 is 0 Å². The van der Waals surface area contributed by atoms with E-state index in [1.807, 2.05) is 20.8 Å². The number of amides is 1. The molecule has 0 heterocycles. The maximum Gasteiger partial charge on any atom is 0.255 e. The monoisotopic (exact) mass is 363 g/mol. The molecule has 0 aliphatic heterocycles. The van der Waals surface area contributed by atoms with Gasteiger partial charge in [0.2, 0.25) is 5.75 Å². The number of halogens is 1. The van der Waals surface area contributed by atoms with Crippen molar-refractivity contribution < 1.29 is 19.0 Å². The summed E-state index contributed by atoms with van der Waals surface area (Å²) in [5.41, 5.74) is 1.03. The summed E-state index contributed by atoms with van der Waals surface area (Å²) < 4.78 is 16.9. The van der Waals surface area contributed by atoms with Gasteiger partial charge in [0.15, 0.2) is 11.5 Å². The van der Waals surface area contributed by atoms with E-state index in [2.05, 4.69) is 5.32 Å². The van der Waals surface area contributed by atoms with Gasteiger partial charge in [-0.25, -0.2) is 0 Å². The van der Waals surface area contributed by atoms with E-state index in [0.717, 1.165) is 0 Å². The first-order valence-electron chi connectivity index (χ1n) is 8.22. The molecule has 2 rings (SSSR count). The van der Waals surface area contributed by atoms with Crippen LogP contribution in [0, 0.1) is 0 Å². The smallest absolute Gasteiger partial charge is 0.255 e. The van der Waals surface area contributed by atoms with Crippen molar-refractivity contribution in [1.29, 1.82) is 0 Å². The lowest BCUT2D eigenvalue weighted by Crippen LogP contribution is -2.13. The third-order valence-corrected chi connectivity index (χ3v) is 3.49. The first-order valence-corrected chi connectivity index (χ1v) is 8.60. The van der Waals surface area contributed by atoms with Gasteiger partial charge in [0.1, 0.15) is 0 Å². The lowest BCUT2D eigenvalue weighted by Gasteiger charge is -2.17. The van der Waals surface area contributed by atoms with Gasteiger partial charge in [-0.15, -0.1) is 0 Å². The maximum atomic E-state index is 12.6. The minimum atomic E-state index is -0.285. The summed E-state index contributed by atoms with van der Waals surface area (Å²) in [6, 6.07) is 10.3. The number of anilines is 1. The highest BCUT2D eigenvalue weighted by molar-refractivity contribution is 6.31. The number of hydrogen-bond donors (Lipinski definition) is 1. The largest absolute Gasteiger partial charge is 0.490 e. The van der Waals surface area contributed by atoms with Gasteiger partial charge in [0.25, 0.3) is 5.91 Å². The highest BCUT2D eigenvalue weighted by Crippen LogP contribution is 2.39. The Labute approximate surface area is 152 Å². The van der Waals surface area contributed by atoms with Gasteiger partial charge in [-0.3, -0.25) is 4.79 Å². The zero-order valence-corrected chi connectivity index (χ0v) is 15.4. The SMILES string of the molecule is CCOc1cc(C(=O)Nc2cccc(Cl)c2)cc(OCC)c1OCC. The summed E-state index contributed by atoms with van der Waals surface area (Å²) in [6.07, 6.45) is 0. The molecule has 25 heavy (non-hydrogen) atoms. The number of ether oxygens (including phenoxy) is 3. The second kappa shape index (κ2) is 9.18. The van der Waals surface area contributed by atoms with Crippen molar-refractivity contribution in [2.24, 2.45) is 0 Å². The summed E-state index contributed by atoms with van der Waals surface area (Å²) in [5, 5.41) is 3.36. The van der Waals surface area contributed by atoms with Gasteiger partial charge in [-0.2, -0.15) is 0 Å². The molecule has 0 radical (unpaired) electrons. The number of hydrogen-bond acceptors (Lipinski definition) is 4. The molecule has 2 aromatic rings. The Bertz CT molecular complexity index is 706. The third-order valence-electron chi connectivity index (χ3n) is 3.25. The first-order chi connectivity index (χ1) is 12.1. The lowest BCUT2D eigenvalue weighted by atomic mass is 10.1. The lowest BCUT2D eigenvalue weighted by molar-refractivity contribution is 0.102. The van der Waals surface area contributed by atoms with Crippen LogP contribution in [0.3, 0.4) is 0 Å². The summed E-state index contributed by atoms with van der Waals surface area (Å²) in [6.45, 7) is 6.99. The van der Waals surface area contributed by atoms with E-state index in [9.17, 15) is 4.79 Å². The van der Waals surface area contributed by atoms with Gasteiger partial charge in [-0.1, -0.05) is 17.7 Å². The molecule has 0 bridgehead atoms. The van der Waals surface area contributed by atoms with Crippen LogP contribution in [0.4, 0.5) is 5.69 Å². The molecule has 0 atom stereocenters. The molecule has 1 amide bonds. The number of carbonyl (C=O) groups excluding carboxylic acids is 1. The zero-order valence-electron chi connectivity index (χ0n) is 14.6. The molecule has 5 nitrogen and oxygen atoms in total. The standard InChI is InChI=1S/C19H22ClNO4/c1-4-23-16-10-13(11-17(24-5-2)18(16)25-6-3)19(22)21-15-9-7-8-14(20)12-15/h7-12H,4-6H2,1-3H3,(H,21,22). The van der Waals surface area contributed by atoms with E-state index in [1.165, 1.54) is 0 Å². The third kappa shape index (κ3) is 5.03. The highest BCUT2D eigenvalue weighted by Gasteiger charge is 2.18. The number of rotatable bonds is 8. The molecule has 6 heteroatoms. The predicted octanol–water partition coefficient (Wildman–Crippen LogP) is 4.79. The molecule has 0 saturated heterocycles. The maximum absolute atomic E-state index is 12.6. The quantitative estimate of drug-likeness (QED) is 0.732. The van der Waals surface area contributed by atoms with E-state index in [0.29, 0.717) is 53.3 Å². The van der Waals surface area contributed by atoms with E-state index in [-0.39, 0.29) is 5.91 Å². The summed E-state index contributed by atoms with van der Waals surface area (Å²) in [5.74, 6) is 1.18. The highest BCUT2D eigenvalue weighted by atomic mass is 35.5. The molecule has 0 aliphatic rings. The Morgan fingerprint density at radius 3 is 2.08 bits per heavy atom. The number of carbonyl (C=O) groups is 1. The van der Waals surface area contributed by atoms with Gasteiger partial charge < -0.3 is 19.5 Å². The number of nitrogens with one attached hydrogen (secondary N) is 1. The van der Waals surface area contributed by atoms with E-state index in [4.69, 9.17) is 25.8 Å². The Kier molecular flexibility index (Phi) is 6.95. The van der Waals surface area contributed by atoms with Crippen molar-refractivity contribution in [3.8, 4) is 17.2 Å². The zero-order chi connectivity index (χ0) is 18.2. The van der Waals surface area contributed by atoms with Crippen LogP contribution in [0.15, 0.2) is 36.4 Å². The molecular weight excluding hydrogens is 342 g/mol. The van der Waals surface area contributed by atoms with E-state index in [1.54, 1.807) is 36.4 Å². The Hall–Kier alpha value is -2.40. The molecular formula is C19H22ClNO4. The molecule has 0 saturated carbocycles. The average Bonchev–Trinajstić information content (AvgIpc) is 2.58. The van der Waals surface area contributed by atoms with Crippen molar-refractivity contribution in [2.75, 3.05) is 25.1 Å². The summed E-state index contributed by atoms with van der Waals surface area (Å²) in [7, 11) is 0. The molecule has 134 valence electrons. The minimum absolute atomic E-state index is 0.285. The molecule has 0 aliphatic carbocycles. The van der Waals surface area contributed by atoms with Gasteiger partial charge in [0, 0.05) is 16.3 Å². The normalized spacial score (nSPS) is 10.2. The fraction of sp³-hybridized carbons (Fsp3) is 0.316. The number of benzene rings is 2. The molecule has 0 aromatic heterocycles. The molecule has 0 spiro atoms. The van der Waals surface area contributed by atoms with Crippen LogP contribution in [0.25, 0.3) is 0 Å². The van der Waals surface area contributed by atoms with Crippen LogP contribution >= 0.6 is 11.6 Å². The van der Waals surface area contributed by atoms with Gasteiger partial charge >= 0.3 is 0 Å². The molecule has 2 aromatic carbocycles. The summed E-state index contributed by atoms with van der Waals surface area (Å²) >= 11 is 5.95. The van der Waals surface area contributed by atoms with Crippen molar-refractivity contribution in [3.63, 3.8) is 0 Å². The Morgan fingerprint density at radius 1 is 0.960 bits per heavy atom. The summed E-state index contributed by atoms with van der Waals surface area (Å²) in [4.78, 5) is 12.6. The van der Waals surface area contributed by atoms with Crippen molar-refractivity contribution >= 4 is 23.2 Å². The van der Waals surface area contributed by atoms with Crippen LogP contribution in [0.2, 0.25) is 5.02 Å². The fourth-order valence-corrected chi connectivity index (χ4v) is 2.48. The Morgan fingerprint density at radius 2 is 1.56 bits per heavy atom. The topological polar surface area (TPSA) is 56.8 Å². The first kappa shape index (κ1) is 18.9. The fourth-order valence-electron chi connectivity index (χ4n) is 2.29. The van der Waals surface area contributed by atoms with Crippen LogP contribution in [0.5, 0.6) is 17.2 Å². The van der Waals surface area contributed by atoms with Crippen LogP contribution < -0.4 is 19.5 Å². The van der Waals surface area contributed by atoms with Gasteiger partial charge in [-0.05, 0) is 51.1 Å². The van der Waals surface area contributed by atoms with Crippen LogP contribution in [-0.4, -0.2) is 25.7 Å². The Balaban J connectivity index is 2.36. The van der Waals surface area contributed by atoms with E-state index < -0.39 is 0 Å².